The van der Waals surface area contributed by atoms with Gasteiger partial charge in [-0.3, -0.25) is 14.4 Å². The Bertz CT molecular complexity index is 1230. The number of thiophene rings is 1. The number of hydrogen-bond acceptors (Lipinski definition) is 5. The average Bonchev–Trinajstić information content (AvgIpc) is 3.40. The minimum Gasteiger partial charge on any atom is -0.495 e. The highest BCUT2D eigenvalue weighted by Crippen LogP contribution is 2.59. The molecule has 35 heavy (non-hydrogen) atoms. The molecule has 3 aliphatic rings. The molecule has 2 amide bonds. The van der Waals surface area contributed by atoms with Gasteiger partial charge in [-0.2, -0.15) is 0 Å². The molecule has 0 bridgehead atoms. The van der Waals surface area contributed by atoms with Crippen LogP contribution in [-0.4, -0.2) is 30.0 Å². The van der Waals surface area contributed by atoms with E-state index in [-0.39, 0.29) is 23.7 Å². The van der Waals surface area contributed by atoms with Crippen LogP contribution in [0.3, 0.4) is 0 Å². The summed E-state index contributed by atoms with van der Waals surface area (Å²) in [5, 5.41) is 16.3. The number of nitrogens with one attached hydrogen (secondary N) is 2. The first kappa shape index (κ1) is 23.9. The molecule has 1 aromatic carbocycles. The molecule has 184 valence electrons. The molecule has 1 atom stereocenters. The van der Waals surface area contributed by atoms with Gasteiger partial charge in [0.05, 0.1) is 23.6 Å². The van der Waals surface area contributed by atoms with E-state index in [1.165, 1.54) is 16.9 Å². The molecule has 0 aliphatic heterocycles. The fourth-order valence-electron chi connectivity index (χ4n) is 5.37. The number of ether oxygens (including phenoxy) is 1. The normalized spacial score (nSPS) is 22.3. The first-order chi connectivity index (χ1) is 16.9. The second-order valence-corrected chi connectivity index (χ2v) is 10.8. The molecule has 9 heteroatoms. The number of benzene rings is 1. The first-order valence-corrected chi connectivity index (χ1v) is 13.1. The maximum absolute atomic E-state index is 13.4. The number of carboxylic acid groups (broad SMARTS) is 1. The van der Waals surface area contributed by atoms with E-state index in [0.29, 0.717) is 59.5 Å². The second kappa shape index (κ2) is 9.66. The van der Waals surface area contributed by atoms with Gasteiger partial charge >= 0.3 is 5.97 Å². The smallest absolute Gasteiger partial charge is 0.306 e. The Morgan fingerprint density at radius 2 is 1.89 bits per heavy atom. The lowest BCUT2D eigenvalue weighted by Gasteiger charge is -2.26. The van der Waals surface area contributed by atoms with E-state index in [2.05, 4.69) is 16.7 Å². The number of rotatable bonds is 7. The lowest BCUT2D eigenvalue weighted by molar-refractivity contribution is -0.143. The third kappa shape index (κ3) is 4.45. The van der Waals surface area contributed by atoms with Crippen molar-refractivity contribution in [3.63, 3.8) is 0 Å². The molecule has 0 radical (unpaired) electrons. The van der Waals surface area contributed by atoms with Gasteiger partial charge in [-0.05, 0) is 61.8 Å². The standard InChI is InChI=1S/C26H27ClN2O5S/c1-34-19-10-5-13(11-18(19)27)12-28-24(31)21-20-16-3-2-4-17(16)22(20)35-25(21)29-23(30)14-6-8-15(9-7-14)26(32)33/h3,5,10-11,14-15,17H,2,4,6-9,12H2,1H3,(H,28,31)(H,29,30)(H,32,33). The number of methoxy groups -OCH3 is 1. The molecule has 1 unspecified atom stereocenters. The molecule has 1 saturated carbocycles. The van der Waals surface area contributed by atoms with Crippen molar-refractivity contribution in [2.24, 2.45) is 11.8 Å². The van der Waals surface area contributed by atoms with Gasteiger partial charge in [0, 0.05) is 28.8 Å². The van der Waals surface area contributed by atoms with Gasteiger partial charge in [0.2, 0.25) is 5.91 Å². The van der Waals surface area contributed by atoms with Gasteiger partial charge in [-0.25, -0.2) is 0 Å². The zero-order valence-electron chi connectivity index (χ0n) is 19.4. The minimum absolute atomic E-state index is 0.134. The van der Waals surface area contributed by atoms with Gasteiger partial charge in [-0.1, -0.05) is 23.7 Å². The van der Waals surface area contributed by atoms with Crippen LogP contribution < -0.4 is 15.4 Å². The van der Waals surface area contributed by atoms with Gasteiger partial charge in [0.1, 0.15) is 10.8 Å². The molecule has 0 saturated heterocycles. The zero-order valence-corrected chi connectivity index (χ0v) is 20.9. The molecule has 7 nitrogen and oxygen atoms in total. The quantitative estimate of drug-likeness (QED) is 0.456. The van der Waals surface area contributed by atoms with E-state index < -0.39 is 5.97 Å². The van der Waals surface area contributed by atoms with Crippen LogP contribution in [0.25, 0.3) is 5.57 Å². The van der Waals surface area contributed by atoms with Crippen molar-refractivity contribution >= 4 is 51.3 Å². The van der Waals surface area contributed by atoms with Gasteiger partial charge in [-0.15, -0.1) is 11.3 Å². The van der Waals surface area contributed by atoms with Crippen molar-refractivity contribution < 1.29 is 24.2 Å². The Hall–Kier alpha value is -2.84. The highest BCUT2D eigenvalue weighted by atomic mass is 35.5. The minimum atomic E-state index is -0.792. The number of halogens is 1. The maximum atomic E-state index is 13.4. The summed E-state index contributed by atoms with van der Waals surface area (Å²) in [6.45, 7) is 0.294. The number of fused-ring (bicyclic) bond motifs is 4. The third-order valence-electron chi connectivity index (χ3n) is 7.32. The highest BCUT2D eigenvalue weighted by molar-refractivity contribution is 7.17. The number of aliphatic carboxylic acids is 1. The zero-order chi connectivity index (χ0) is 24.7. The lowest BCUT2D eigenvalue weighted by atomic mass is 9.78. The fourth-order valence-corrected chi connectivity index (χ4v) is 7.02. The topological polar surface area (TPSA) is 105 Å². The molecular weight excluding hydrogens is 488 g/mol. The summed E-state index contributed by atoms with van der Waals surface area (Å²) < 4.78 is 5.19. The largest absolute Gasteiger partial charge is 0.495 e. The molecule has 2 aromatic rings. The predicted molar refractivity (Wildman–Crippen MR) is 135 cm³/mol. The van der Waals surface area contributed by atoms with Crippen LogP contribution in [0.2, 0.25) is 5.02 Å². The van der Waals surface area contributed by atoms with Crippen molar-refractivity contribution in [1.29, 1.82) is 0 Å². The summed E-state index contributed by atoms with van der Waals surface area (Å²) >= 11 is 7.71. The molecule has 3 aliphatic carbocycles. The van der Waals surface area contributed by atoms with E-state index >= 15 is 0 Å². The molecule has 1 aromatic heterocycles. The maximum Gasteiger partial charge on any atom is 0.306 e. The molecule has 1 heterocycles. The number of carboxylic acids is 1. The van der Waals surface area contributed by atoms with Gasteiger partial charge < -0.3 is 20.5 Å². The van der Waals surface area contributed by atoms with Crippen molar-refractivity contribution in [3.8, 4) is 5.75 Å². The van der Waals surface area contributed by atoms with Crippen LogP contribution in [0.15, 0.2) is 24.3 Å². The van der Waals surface area contributed by atoms with E-state index in [9.17, 15) is 19.5 Å². The van der Waals surface area contributed by atoms with Gasteiger partial charge in [0.15, 0.2) is 0 Å². The van der Waals surface area contributed by atoms with Crippen molar-refractivity contribution in [3.05, 3.63) is 50.9 Å². The Morgan fingerprint density at radius 3 is 2.57 bits per heavy atom. The number of allylic oxidation sites excluding steroid dienone is 2. The summed E-state index contributed by atoms with van der Waals surface area (Å²) in [7, 11) is 1.55. The number of amides is 2. The highest BCUT2D eigenvalue weighted by Gasteiger charge is 2.42. The van der Waals surface area contributed by atoms with Crippen LogP contribution >= 0.6 is 22.9 Å². The van der Waals surface area contributed by atoms with Crippen molar-refractivity contribution in [2.75, 3.05) is 12.4 Å². The molecule has 1 fully saturated rings. The number of carbonyl (C=O) groups is 3. The van der Waals surface area contributed by atoms with Crippen molar-refractivity contribution in [2.45, 2.75) is 51.0 Å². The van der Waals surface area contributed by atoms with Gasteiger partial charge in [0.25, 0.3) is 5.91 Å². The first-order valence-electron chi connectivity index (χ1n) is 11.9. The number of hydrogen-bond donors (Lipinski definition) is 3. The third-order valence-corrected chi connectivity index (χ3v) is 8.83. The van der Waals surface area contributed by atoms with Crippen LogP contribution in [-0.2, 0) is 16.1 Å². The summed E-state index contributed by atoms with van der Waals surface area (Å²) in [5.41, 5.74) is 3.54. The van der Waals surface area contributed by atoms with Crippen LogP contribution in [0.4, 0.5) is 5.00 Å². The Kier molecular flexibility index (Phi) is 6.59. The monoisotopic (exact) mass is 514 g/mol. The van der Waals surface area contributed by atoms with E-state index in [1.54, 1.807) is 19.2 Å². The van der Waals surface area contributed by atoms with Crippen molar-refractivity contribution in [1.82, 2.24) is 5.32 Å². The molecule has 0 spiro atoms. The predicted octanol–water partition coefficient (Wildman–Crippen LogP) is 5.44. The summed E-state index contributed by atoms with van der Waals surface area (Å²) in [4.78, 5) is 38.8. The molecule has 3 N–H and O–H groups in total. The van der Waals surface area contributed by atoms with Crippen LogP contribution in [0.1, 0.15) is 70.8 Å². The Balaban J connectivity index is 1.33. The average molecular weight is 515 g/mol. The SMILES string of the molecule is COc1ccc(CNC(=O)c2c(NC(=O)C3CCC(C(=O)O)CC3)sc3c2C2=CCCC23)cc1Cl. The van der Waals surface area contributed by atoms with Crippen LogP contribution in [0.5, 0.6) is 5.75 Å². The Morgan fingerprint density at radius 1 is 1.14 bits per heavy atom. The molecule has 5 rings (SSSR count). The molecular formula is C26H27ClN2O5S. The van der Waals surface area contributed by atoms with E-state index in [0.717, 1.165) is 28.8 Å². The lowest BCUT2D eigenvalue weighted by Crippen LogP contribution is -2.30. The number of carbonyl (C=O) groups excluding carboxylic acids is 2. The summed E-state index contributed by atoms with van der Waals surface area (Å²) in [5.74, 6) is -0.840. The summed E-state index contributed by atoms with van der Waals surface area (Å²) in [6, 6.07) is 5.38. The fraction of sp³-hybridized carbons (Fsp3) is 0.423. The van der Waals surface area contributed by atoms with Crippen LogP contribution in [0, 0.1) is 11.8 Å². The number of anilines is 1. The second-order valence-electron chi connectivity index (χ2n) is 9.36. The summed E-state index contributed by atoms with van der Waals surface area (Å²) in [6.07, 6.45) is 6.33. The van der Waals surface area contributed by atoms with E-state index in [4.69, 9.17) is 16.3 Å². The Labute approximate surface area is 212 Å². The van der Waals surface area contributed by atoms with E-state index in [1.807, 2.05) is 6.07 Å².